The van der Waals surface area contributed by atoms with Gasteiger partial charge in [0.2, 0.25) is 6.00 Å². The van der Waals surface area contributed by atoms with Crippen LogP contribution in [0.25, 0.3) is 0 Å². The number of aromatic nitrogens is 1. The van der Waals surface area contributed by atoms with Gasteiger partial charge in [0, 0.05) is 31.9 Å². The second-order valence-corrected chi connectivity index (χ2v) is 2.82. The van der Waals surface area contributed by atoms with Gasteiger partial charge in [-0.25, -0.2) is 0 Å². The van der Waals surface area contributed by atoms with E-state index in [1.165, 1.54) is 5.69 Å². The van der Waals surface area contributed by atoms with Crippen LogP contribution in [0.15, 0.2) is 24.5 Å². The fourth-order valence-corrected chi connectivity index (χ4v) is 0.987. The smallest absolute Gasteiger partial charge is 0.222 e. The first kappa shape index (κ1) is 8.34. The fourth-order valence-electron chi connectivity index (χ4n) is 0.827. The highest BCUT2D eigenvalue weighted by atomic mass is 35.5. The van der Waals surface area contributed by atoms with Crippen LogP contribution in [0.4, 0.5) is 5.69 Å². The van der Waals surface area contributed by atoms with E-state index < -0.39 is 0 Å². The van der Waals surface area contributed by atoms with Crippen LogP contribution in [0.2, 0.25) is 0 Å². The van der Waals surface area contributed by atoms with E-state index in [1.54, 1.807) is 0 Å². The van der Waals surface area contributed by atoms with Gasteiger partial charge in [0.25, 0.3) is 0 Å². The highest BCUT2D eigenvalue weighted by molar-refractivity contribution is 6.14. The number of hydrogen-bond acceptors (Lipinski definition) is 1. The summed E-state index contributed by atoms with van der Waals surface area (Å²) in [6, 6.07) is 4.57. The molecule has 1 aromatic rings. The number of anilines is 1. The molecule has 0 spiro atoms. The highest BCUT2D eigenvalue weighted by Crippen LogP contribution is 2.05. The predicted molar refractivity (Wildman–Crippen MR) is 46.8 cm³/mol. The Hall–Kier alpha value is -0.760. The third kappa shape index (κ3) is 2.09. The minimum absolute atomic E-state index is 0.508. The maximum atomic E-state index is 5.61. The van der Waals surface area contributed by atoms with Crippen LogP contribution in [-0.2, 0) is 6.00 Å². The van der Waals surface area contributed by atoms with Gasteiger partial charge in [-0.3, -0.25) is 0 Å². The van der Waals surface area contributed by atoms with Gasteiger partial charge >= 0.3 is 0 Å². The fraction of sp³-hybridized carbons (Fsp3) is 0.375. The molecule has 1 heterocycles. The van der Waals surface area contributed by atoms with Crippen molar-refractivity contribution in [2.45, 2.75) is 6.00 Å². The van der Waals surface area contributed by atoms with E-state index >= 15 is 0 Å². The molecule has 0 aliphatic rings. The Labute approximate surface area is 72.0 Å². The van der Waals surface area contributed by atoms with E-state index in [4.69, 9.17) is 11.6 Å². The molecular formula is C8H12ClN2+. The Kier molecular flexibility index (Phi) is 2.71. The molecular weight excluding hydrogens is 160 g/mol. The molecule has 0 N–H and O–H groups in total. The molecule has 0 radical (unpaired) electrons. The van der Waals surface area contributed by atoms with E-state index in [0.717, 1.165) is 0 Å². The quantitative estimate of drug-likeness (QED) is 0.480. The third-order valence-electron chi connectivity index (χ3n) is 1.53. The molecule has 0 amide bonds. The Balaban J connectivity index is 2.83. The highest BCUT2D eigenvalue weighted by Gasteiger charge is 1.98. The minimum Gasteiger partial charge on any atom is -0.377 e. The second kappa shape index (κ2) is 3.58. The van der Waals surface area contributed by atoms with Crippen molar-refractivity contribution in [3.63, 3.8) is 0 Å². The van der Waals surface area contributed by atoms with E-state index in [1.807, 2.05) is 43.2 Å². The SMILES string of the molecule is CN(C)c1cc[n+](CCl)cc1. The summed E-state index contributed by atoms with van der Waals surface area (Å²) < 4.78 is 1.91. The molecule has 2 nitrogen and oxygen atoms in total. The molecule has 0 bridgehead atoms. The zero-order valence-electron chi connectivity index (χ0n) is 6.79. The molecule has 0 aliphatic carbocycles. The molecule has 11 heavy (non-hydrogen) atoms. The zero-order valence-corrected chi connectivity index (χ0v) is 7.54. The number of nitrogens with zero attached hydrogens (tertiary/aromatic N) is 2. The van der Waals surface area contributed by atoms with Crippen molar-refractivity contribution < 1.29 is 4.57 Å². The van der Waals surface area contributed by atoms with Gasteiger partial charge in [-0.15, -0.1) is 0 Å². The first-order valence-corrected chi connectivity index (χ1v) is 4.00. The van der Waals surface area contributed by atoms with Gasteiger partial charge in [0.1, 0.15) is 0 Å². The topological polar surface area (TPSA) is 7.12 Å². The Morgan fingerprint density at radius 2 is 1.91 bits per heavy atom. The summed E-state index contributed by atoms with van der Waals surface area (Å²) in [4.78, 5) is 2.05. The molecule has 0 aromatic carbocycles. The number of alkyl halides is 1. The summed E-state index contributed by atoms with van der Waals surface area (Å²) in [6.07, 6.45) is 3.92. The molecule has 1 aromatic heterocycles. The molecule has 0 aliphatic heterocycles. The Morgan fingerprint density at radius 3 is 2.27 bits per heavy atom. The monoisotopic (exact) mass is 171 g/mol. The van der Waals surface area contributed by atoms with Gasteiger partial charge in [-0.05, 0) is 0 Å². The zero-order chi connectivity index (χ0) is 8.27. The lowest BCUT2D eigenvalue weighted by atomic mass is 10.4. The molecule has 1 rings (SSSR count). The van der Waals surface area contributed by atoms with Crippen LogP contribution in [0.5, 0.6) is 0 Å². The number of halogens is 1. The number of hydrogen-bond donors (Lipinski definition) is 0. The van der Waals surface area contributed by atoms with Crippen LogP contribution in [-0.4, -0.2) is 14.1 Å². The average molecular weight is 172 g/mol. The molecule has 0 unspecified atom stereocenters. The third-order valence-corrected chi connectivity index (χ3v) is 1.80. The first-order valence-electron chi connectivity index (χ1n) is 3.46. The summed E-state index contributed by atoms with van der Waals surface area (Å²) in [6.45, 7) is 0. The first-order chi connectivity index (χ1) is 5.24. The van der Waals surface area contributed by atoms with Crippen LogP contribution in [0.1, 0.15) is 0 Å². The van der Waals surface area contributed by atoms with Crippen LogP contribution in [0.3, 0.4) is 0 Å². The molecule has 3 heteroatoms. The lowest BCUT2D eigenvalue weighted by Gasteiger charge is -2.09. The van der Waals surface area contributed by atoms with Gasteiger partial charge in [0.05, 0.1) is 0 Å². The van der Waals surface area contributed by atoms with E-state index in [0.29, 0.717) is 6.00 Å². The molecule has 0 saturated carbocycles. The maximum Gasteiger partial charge on any atom is 0.222 e. The van der Waals surface area contributed by atoms with Gasteiger partial charge in [0.15, 0.2) is 12.4 Å². The van der Waals surface area contributed by atoms with Crippen molar-refractivity contribution in [3.8, 4) is 0 Å². The predicted octanol–water partition coefficient (Wildman–Crippen LogP) is 1.24. The van der Waals surface area contributed by atoms with Crippen molar-refractivity contribution in [2.24, 2.45) is 0 Å². The number of rotatable bonds is 2. The largest absolute Gasteiger partial charge is 0.377 e. The summed E-state index contributed by atoms with van der Waals surface area (Å²) in [5.41, 5.74) is 1.19. The average Bonchev–Trinajstić information content (AvgIpc) is 2.05. The Bertz CT molecular complexity index is 218. The van der Waals surface area contributed by atoms with Crippen molar-refractivity contribution in [3.05, 3.63) is 24.5 Å². The van der Waals surface area contributed by atoms with Crippen molar-refractivity contribution in [2.75, 3.05) is 19.0 Å². The van der Waals surface area contributed by atoms with Crippen molar-refractivity contribution >= 4 is 17.3 Å². The number of pyridine rings is 1. The summed E-state index contributed by atoms with van der Waals surface area (Å²) in [5.74, 6) is 0. The lowest BCUT2D eigenvalue weighted by Crippen LogP contribution is -2.29. The Morgan fingerprint density at radius 1 is 1.36 bits per heavy atom. The summed E-state index contributed by atoms with van der Waals surface area (Å²) >= 11 is 5.61. The van der Waals surface area contributed by atoms with Gasteiger partial charge in [-0.2, -0.15) is 4.57 Å². The minimum atomic E-state index is 0.508. The molecule has 0 saturated heterocycles. The van der Waals surface area contributed by atoms with Crippen molar-refractivity contribution in [1.82, 2.24) is 0 Å². The summed E-state index contributed by atoms with van der Waals surface area (Å²) in [5, 5.41) is 0. The van der Waals surface area contributed by atoms with E-state index in [-0.39, 0.29) is 0 Å². The van der Waals surface area contributed by atoms with Crippen LogP contribution < -0.4 is 9.47 Å². The standard InChI is InChI=1S/C8H12ClN2/c1-10(2)8-3-5-11(7-9)6-4-8/h3-6H,7H2,1-2H3/q+1. The molecule has 0 atom stereocenters. The van der Waals surface area contributed by atoms with E-state index in [2.05, 4.69) is 4.90 Å². The molecule has 60 valence electrons. The second-order valence-electron chi connectivity index (χ2n) is 2.58. The maximum absolute atomic E-state index is 5.61. The van der Waals surface area contributed by atoms with Crippen LogP contribution >= 0.6 is 11.6 Å². The van der Waals surface area contributed by atoms with Gasteiger partial charge < -0.3 is 4.90 Å². The van der Waals surface area contributed by atoms with Crippen molar-refractivity contribution in [1.29, 1.82) is 0 Å². The van der Waals surface area contributed by atoms with Crippen LogP contribution in [0, 0.1) is 0 Å². The normalized spacial score (nSPS) is 9.73. The lowest BCUT2D eigenvalue weighted by molar-refractivity contribution is -0.678. The summed E-state index contributed by atoms with van der Waals surface area (Å²) in [7, 11) is 4.03. The van der Waals surface area contributed by atoms with E-state index in [9.17, 15) is 0 Å². The van der Waals surface area contributed by atoms with Gasteiger partial charge in [-0.1, -0.05) is 11.6 Å². The molecule has 0 fully saturated rings.